The monoisotopic (exact) mass is 487 g/mol. The van der Waals surface area contributed by atoms with Crippen LogP contribution in [0.1, 0.15) is 5.56 Å². The topological polar surface area (TPSA) is 119 Å². The predicted molar refractivity (Wildman–Crippen MR) is 121 cm³/mol. The zero-order chi connectivity index (χ0) is 25.4. The van der Waals surface area contributed by atoms with E-state index in [4.69, 9.17) is 19.4 Å². The molecule has 0 atom stereocenters. The minimum atomic E-state index is -5.08. The quantitative estimate of drug-likeness (QED) is 0.409. The molecule has 2 N–H and O–H groups in total. The summed E-state index contributed by atoms with van der Waals surface area (Å²) in [4.78, 5) is 17.5. The number of hydrogen-bond acceptors (Lipinski definition) is 8. The van der Waals surface area contributed by atoms with Crippen LogP contribution >= 0.6 is 0 Å². The molecule has 0 saturated carbocycles. The predicted octanol–water partition coefficient (Wildman–Crippen LogP) is 4.35. The molecule has 4 aromatic rings. The van der Waals surface area contributed by atoms with Crippen LogP contribution in [0, 0.1) is 0 Å². The van der Waals surface area contributed by atoms with Crippen LogP contribution < -0.4 is 14.8 Å². The van der Waals surface area contributed by atoms with Crippen LogP contribution in [-0.4, -0.2) is 51.6 Å². The number of alkyl halides is 3. The Morgan fingerprint density at radius 3 is 2.34 bits per heavy atom. The van der Waals surface area contributed by atoms with Gasteiger partial charge in [0.25, 0.3) is 0 Å². The van der Waals surface area contributed by atoms with E-state index in [1.54, 1.807) is 26.6 Å². The molecule has 9 nitrogen and oxygen atoms in total. The average Bonchev–Trinajstić information content (AvgIpc) is 2.87. The fourth-order valence-corrected chi connectivity index (χ4v) is 2.97. The number of benzene rings is 1. The Kier molecular flexibility index (Phi) is 7.97. The number of carbonyl (C=O) groups is 1. The number of methoxy groups -OCH3 is 2. The summed E-state index contributed by atoms with van der Waals surface area (Å²) >= 11 is 0. The Morgan fingerprint density at radius 2 is 1.77 bits per heavy atom. The van der Waals surface area contributed by atoms with Crippen molar-refractivity contribution in [3.8, 4) is 22.6 Å². The van der Waals surface area contributed by atoms with Gasteiger partial charge in [-0.15, -0.1) is 0 Å². The van der Waals surface area contributed by atoms with Crippen LogP contribution in [0.15, 0.2) is 61.2 Å². The van der Waals surface area contributed by atoms with Gasteiger partial charge in [-0.25, -0.2) is 9.78 Å². The van der Waals surface area contributed by atoms with E-state index >= 15 is 0 Å². The number of nitrogens with zero attached hydrogens (tertiary/aromatic N) is 4. The first-order chi connectivity index (χ1) is 16.7. The Hall–Kier alpha value is -4.48. The number of aliphatic carboxylic acids is 1. The van der Waals surface area contributed by atoms with Crippen LogP contribution in [0.25, 0.3) is 22.0 Å². The SMILES string of the molecule is COc1cc2nncc(-c3ccc(NCc4cccnc4)nc3)c2cc1OC.O=C(O)C(F)(F)F. The first-order valence-electron chi connectivity index (χ1n) is 9.99. The van der Waals surface area contributed by atoms with Crippen LogP contribution in [0.3, 0.4) is 0 Å². The van der Waals surface area contributed by atoms with Crippen molar-refractivity contribution < 1.29 is 32.5 Å². The molecule has 0 aliphatic heterocycles. The van der Waals surface area contributed by atoms with Crippen molar-refractivity contribution >= 4 is 22.7 Å². The summed E-state index contributed by atoms with van der Waals surface area (Å²) in [7, 11) is 3.21. The molecule has 12 heteroatoms. The first kappa shape index (κ1) is 25.1. The third-order valence-corrected chi connectivity index (χ3v) is 4.66. The van der Waals surface area contributed by atoms with E-state index in [0.29, 0.717) is 18.0 Å². The maximum atomic E-state index is 10.6. The summed E-state index contributed by atoms with van der Waals surface area (Å²) in [5.41, 5.74) is 3.70. The molecule has 3 aromatic heterocycles. The number of fused-ring (bicyclic) bond motifs is 1. The number of pyridine rings is 2. The summed E-state index contributed by atoms with van der Waals surface area (Å²) in [6, 6.07) is 11.6. The van der Waals surface area contributed by atoms with E-state index in [2.05, 4.69) is 25.5 Å². The second-order valence-electron chi connectivity index (χ2n) is 6.93. The van der Waals surface area contributed by atoms with Crippen molar-refractivity contribution in [2.45, 2.75) is 12.7 Å². The average molecular weight is 487 g/mol. The second-order valence-corrected chi connectivity index (χ2v) is 6.93. The van der Waals surface area contributed by atoms with Crippen molar-refractivity contribution in [2.75, 3.05) is 19.5 Å². The number of halogens is 3. The van der Waals surface area contributed by atoms with Gasteiger partial charge in [-0.1, -0.05) is 6.07 Å². The smallest absolute Gasteiger partial charge is 0.490 e. The number of carboxylic acid groups (broad SMARTS) is 1. The van der Waals surface area contributed by atoms with Crippen LogP contribution in [0.2, 0.25) is 0 Å². The highest BCUT2D eigenvalue weighted by atomic mass is 19.4. The van der Waals surface area contributed by atoms with Gasteiger partial charge in [0.05, 0.1) is 25.9 Å². The lowest BCUT2D eigenvalue weighted by Gasteiger charge is -2.11. The third kappa shape index (κ3) is 6.53. The molecule has 0 aliphatic rings. The van der Waals surface area contributed by atoms with Gasteiger partial charge in [-0.2, -0.15) is 23.4 Å². The molecule has 4 rings (SSSR count). The number of anilines is 1. The largest absolute Gasteiger partial charge is 0.493 e. The lowest BCUT2D eigenvalue weighted by Crippen LogP contribution is -2.21. The summed E-state index contributed by atoms with van der Waals surface area (Å²) in [5.74, 6) is -0.702. The lowest BCUT2D eigenvalue weighted by molar-refractivity contribution is -0.192. The molecule has 0 bridgehead atoms. The minimum absolute atomic E-state index is 0.620. The van der Waals surface area contributed by atoms with Gasteiger partial charge in [0.1, 0.15) is 5.82 Å². The van der Waals surface area contributed by atoms with Crippen molar-refractivity contribution in [2.24, 2.45) is 0 Å². The molecule has 0 unspecified atom stereocenters. The summed E-state index contributed by atoms with van der Waals surface area (Å²) in [6.45, 7) is 0.664. The van der Waals surface area contributed by atoms with Crippen molar-refractivity contribution in [1.29, 1.82) is 0 Å². The van der Waals surface area contributed by atoms with E-state index < -0.39 is 12.1 Å². The minimum Gasteiger partial charge on any atom is -0.493 e. The molecular formula is C23H20F3N5O4. The van der Waals surface area contributed by atoms with Gasteiger partial charge >= 0.3 is 12.1 Å². The Balaban J connectivity index is 0.000000429. The Morgan fingerprint density at radius 1 is 1.06 bits per heavy atom. The number of carboxylic acids is 1. The van der Waals surface area contributed by atoms with E-state index in [1.807, 2.05) is 48.8 Å². The van der Waals surface area contributed by atoms with Gasteiger partial charge < -0.3 is 19.9 Å². The standard InChI is InChI=1S/C21H19N5O2.C2HF3O2/c1-27-19-8-16-17(13-25-26-18(16)9-20(19)28-2)15-5-6-21(24-12-15)23-11-14-4-3-7-22-10-14;3-2(4,5)1(6)7/h3-10,12-13H,11H2,1-2H3,(H,23,24);(H,6,7). The van der Waals surface area contributed by atoms with Gasteiger partial charge in [-0.3, -0.25) is 4.98 Å². The molecule has 1 aromatic carbocycles. The molecule has 0 aliphatic carbocycles. The molecule has 182 valence electrons. The fourth-order valence-electron chi connectivity index (χ4n) is 2.97. The first-order valence-corrected chi connectivity index (χ1v) is 9.99. The maximum Gasteiger partial charge on any atom is 0.490 e. The summed E-state index contributed by atoms with van der Waals surface area (Å²) in [6.07, 6.45) is 2.05. The third-order valence-electron chi connectivity index (χ3n) is 4.66. The summed E-state index contributed by atoms with van der Waals surface area (Å²) in [5, 5.41) is 19.7. The molecule has 0 fully saturated rings. The van der Waals surface area contributed by atoms with Crippen molar-refractivity contribution in [1.82, 2.24) is 20.2 Å². The highest BCUT2D eigenvalue weighted by Crippen LogP contribution is 2.35. The molecule has 35 heavy (non-hydrogen) atoms. The van der Waals surface area contributed by atoms with Crippen molar-refractivity contribution in [3.05, 3.63) is 66.7 Å². The molecule has 0 saturated heterocycles. The molecule has 0 amide bonds. The van der Waals surface area contributed by atoms with E-state index in [0.717, 1.165) is 33.4 Å². The van der Waals surface area contributed by atoms with E-state index in [1.165, 1.54) is 0 Å². The van der Waals surface area contributed by atoms with Gasteiger partial charge in [-0.05, 0) is 29.8 Å². The van der Waals surface area contributed by atoms with Crippen molar-refractivity contribution in [3.63, 3.8) is 0 Å². The Labute approximate surface area is 197 Å². The van der Waals surface area contributed by atoms with Gasteiger partial charge in [0.15, 0.2) is 11.5 Å². The van der Waals surface area contributed by atoms with Crippen LogP contribution in [0.4, 0.5) is 19.0 Å². The number of aromatic nitrogens is 4. The highest BCUT2D eigenvalue weighted by Gasteiger charge is 2.38. The number of ether oxygens (including phenoxy) is 2. The molecule has 0 radical (unpaired) electrons. The molecule has 3 heterocycles. The second kappa shape index (κ2) is 11.1. The lowest BCUT2D eigenvalue weighted by atomic mass is 10.0. The number of nitrogens with one attached hydrogen (secondary N) is 1. The Bertz CT molecular complexity index is 1290. The zero-order valence-corrected chi connectivity index (χ0v) is 18.6. The van der Waals surface area contributed by atoms with E-state index in [-0.39, 0.29) is 0 Å². The van der Waals surface area contributed by atoms with E-state index in [9.17, 15) is 13.2 Å². The number of rotatable bonds is 6. The highest BCUT2D eigenvalue weighted by molar-refractivity contribution is 5.95. The molecule has 0 spiro atoms. The fraction of sp³-hybridized carbons (Fsp3) is 0.174. The summed E-state index contributed by atoms with van der Waals surface area (Å²) < 4.78 is 42.5. The van der Waals surface area contributed by atoms with Crippen LogP contribution in [-0.2, 0) is 11.3 Å². The van der Waals surface area contributed by atoms with Crippen LogP contribution in [0.5, 0.6) is 11.5 Å². The van der Waals surface area contributed by atoms with Gasteiger partial charge in [0.2, 0.25) is 0 Å². The molecular weight excluding hydrogens is 467 g/mol. The zero-order valence-electron chi connectivity index (χ0n) is 18.6. The normalized spacial score (nSPS) is 10.8. The number of hydrogen-bond donors (Lipinski definition) is 2. The van der Waals surface area contributed by atoms with Gasteiger partial charge in [0, 0.05) is 47.7 Å². The maximum absolute atomic E-state index is 10.6.